The molecule has 3 rings (SSSR count). The number of ether oxygens (including phenoxy) is 1. The largest absolute Gasteiger partial charge is 0.477 e. The lowest BCUT2D eigenvalue weighted by molar-refractivity contribution is -0.150. The van der Waals surface area contributed by atoms with Crippen LogP contribution in [0.2, 0.25) is 0 Å². The van der Waals surface area contributed by atoms with E-state index >= 15 is 0 Å². The summed E-state index contributed by atoms with van der Waals surface area (Å²) >= 11 is 2.34. The van der Waals surface area contributed by atoms with Gasteiger partial charge in [0.1, 0.15) is 36.0 Å². The summed E-state index contributed by atoms with van der Waals surface area (Å²) in [6.45, 7) is 4.51. The quantitative estimate of drug-likeness (QED) is 0.108. The molecule has 1 saturated heterocycles. The fourth-order valence-electron chi connectivity index (χ4n) is 2.95. The minimum Gasteiger partial charge on any atom is -0.477 e. The van der Waals surface area contributed by atoms with Crippen molar-refractivity contribution in [3.63, 3.8) is 0 Å². The van der Waals surface area contributed by atoms with Crippen LogP contribution in [0.1, 0.15) is 12.6 Å². The number of carbonyl (C=O) groups is 4. The fourth-order valence-corrected chi connectivity index (χ4v) is 4.82. The number of amides is 2. The second kappa shape index (κ2) is 9.82. The lowest BCUT2D eigenvalue weighted by Gasteiger charge is -2.49. The molecule has 4 N–H and O–H groups in total. The molecule has 0 aromatic carbocycles. The lowest BCUT2D eigenvalue weighted by atomic mass is 10.0. The highest BCUT2D eigenvalue weighted by molar-refractivity contribution is 8.00. The van der Waals surface area contributed by atoms with Crippen LogP contribution in [0, 0.1) is 0 Å². The first-order chi connectivity index (χ1) is 15.2. The van der Waals surface area contributed by atoms with Crippen LogP contribution in [-0.4, -0.2) is 74.8 Å². The summed E-state index contributed by atoms with van der Waals surface area (Å²) < 4.78 is 4.89. The Hall–Kier alpha value is -3.39. The number of nitrogens with zero attached hydrogens (tertiary/aromatic N) is 3. The monoisotopic (exact) mass is 481 g/mol. The fraction of sp³-hybridized carbons (Fsp3) is 0.333. The van der Waals surface area contributed by atoms with Crippen molar-refractivity contribution in [3.8, 4) is 0 Å². The number of hydrogen-bond donors (Lipinski definition) is 3. The van der Waals surface area contributed by atoms with E-state index in [9.17, 15) is 24.3 Å². The summed E-state index contributed by atoms with van der Waals surface area (Å²) in [5.74, 6) is -3.03. The van der Waals surface area contributed by atoms with Gasteiger partial charge in [0, 0.05) is 23.6 Å². The van der Waals surface area contributed by atoms with Crippen LogP contribution in [-0.2, 0) is 28.8 Å². The zero-order chi connectivity index (χ0) is 23.4. The second-order valence-electron chi connectivity index (χ2n) is 6.49. The number of rotatable bonds is 9. The standard InChI is InChI=1S/C18H19N5O7S2/c1-3-4-30-22-11(10-7-32-18(19)20-10)14(25)21-12-15(26)23-13(17(27)28)9(5-29-8(2)24)6-31-16(12)23/h3,7,12,16H,1,4-6H2,2H3,(H2,19,20)(H,21,25)(H,27,28)/b22-11-/t12?,16-/m1/s1. The van der Waals surface area contributed by atoms with Gasteiger partial charge in [-0.2, -0.15) is 0 Å². The number of anilines is 1. The molecule has 0 bridgehead atoms. The van der Waals surface area contributed by atoms with E-state index in [1.165, 1.54) is 30.1 Å². The first kappa shape index (κ1) is 23.3. The normalized spacial score (nSPS) is 20.2. The molecule has 2 amide bonds. The predicted molar refractivity (Wildman–Crippen MR) is 116 cm³/mol. The molecule has 3 heterocycles. The van der Waals surface area contributed by atoms with Crippen LogP contribution in [0.15, 0.2) is 34.5 Å². The molecule has 0 spiro atoms. The Balaban J connectivity index is 1.78. The highest BCUT2D eigenvalue weighted by atomic mass is 32.2. The number of hydrogen-bond acceptors (Lipinski definition) is 11. The highest BCUT2D eigenvalue weighted by Crippen LogP contribution is 2.40. The molecule has 1 fully saturated rings. The van der Waals surface area contributed by atoms with E-state index in [1.807, 2.05) is 0 Å². The Labute approximate surface area is 190 Å². The summed E-state index contributed by atoms with van der Waals surface area (Å²) in [4.78, 5) is 58.5. The van der Waals surface area contributed by atoms with Crippen LogP contribution >= 0.6 is 23.1 Å². The van der Waals surface area contributed by atoms with E-state index in [1.54, 1.807) is 0 Å². The summed E-state index contributed by atoms with van der Waals surface area (Å²) in [6, 6.07) is -0.988. The number of nitrogen functional groups attached to an aromatic ring is 1. The Morgan fingerprint density at radius 2 is 2.25 bits per heavy atom. The maximum Gasteiger partial charge on any atom is 0.352 e. The summed E-state index contributed by atoms with van der Waals surface area (Å²) in [5.41, 5.74) is 5.66. The van der Waals surface area contributed by atoms with Crippen LogP contribution in [0.5, 0.6) is 0 Å². The number of β-lactam (4-membered cyclic amide) rings is 1. The van der Waals surface area contributed by atoms with Gasteiger partial charge in [0.15, 0.2) is 10.8 Å². The number of fused-ring (bicyclic) bond motifs is 1. The van der Waals surface area contributed by atoms with Crippen LogP contribution in [0.25, 0.3) is 0 Å². The number of oxime groups is 1. The highest BCUT2D eigenvalue weighted by Gasteiger charge is 2.54. The molecule has 32 heavy (non-hydrogen) atoms. The Morgan fingerprint density at radius 1 is 1.50 bits per heavy atom. The van der Waals surface area contributed by atoms with Crippen molar-refractivity contribution in [2.75, 3.05) is 24.7 Å². The Morgan fingerprint density at radius 3 is 2.84 bits per heavy atom. The van der Waals surface area contributed by atoms with Crippen LogP contribution < -0.4 is 11.1 Å². The molecule has 14 heteroatoms. The van der Waals surface area contributed by atoms with Crippen molar-refractivity contribution in [2.24, 2.45) is 5.16 Å². The molecule has 2 aliphatic heterocycles. The number of nitrogens with one attached hydrogen (secondary N) is 1. The van der Waals surface area contributed by atoms with Crippen molar-refractivity contribution >= 4 is 57.7 Å². The van der Waals surface area contributed by atoms with E-state index < -0.39 is 35.2 Å². The molecule has 0 aliphatic carbocycles. The van der Waals surface area contributed by atoms with Crippen molar-refractivity contribution in [3.05, 3.63) is 35.0 Å². The van der Waals surface area contributed by atoms with Crippen LogP contribution in [0.3, 0.4) is 0 Å². The maximum absolute atomic E-state index is 12.8. The zero-order valence-corrected chi connectivity index (χ0v) is 18.4. The second-order valence-corrected chi connectivity index (χ2v) is 8.49. The first-order valence-corrected chi connectivity index (χ1v) is 11.0. The number of thioether (sulfide) groups is 1. The van der Waals surface area contributed by atoms with Crippen molar-refractivity contribution in [2.45, 2.75) is 18.3 Å². The van der Waals surface area contributed by atoms with Gasteiger partial charge in [0.2, 0.25) is 0 Å². The van der Waals surface area contributed by atoms with Gasteiger partial charge in [-0.1, -0.05) is 17.8 Å². The van der Waals surface area contributed by atoms with E-state index in [-0.39, 0.29) is 41.2 Å². The van der Waals surface area contributed by atoms with Crippen molar-refractivity contribution < 1.29 is 33.9 Å². The molecule has 12 nitrogen and oxygen atoms in total. The number of carbonyl (C=O) groups excluding carboxylic acids is 3. The number of aliphatic carboxylic acids is 1. The zero-order valence-electron chi connectivity index (χ0n) is 16.8. The number of carboxylic acids is 1. The average Bonchev–Trinajstić information content (AvgIpc) is 3.18. The Kier molecular flexibility index (Phi) is 7.15. The van der Waals surface area contributed by atoms with E-state index in [0.29, 0.717) is 5.57 Å². The van der Waals surface area contributed by atoms with Gasteiger partial charge in [0.25, 0.3) is 11.8 Å². The van der Waals surface area contributed by atoms with Gasteiger partial charge in [-0.3, -0.25) is 19.3 Å². The van der Waals surface area contributed by atoms with Gasteiger partial charge in [-0.15, -0.1) is 23.1 Å². The van der Waals surface area contributed by atoms with Crippen molar-refractivity contribution in [1.29, 1.82) is 0 Å². The van der Waals surface area contributed by atoms with Gasteiger partial charge in [-0.25, -0.2) is 9.78 Å². The molecule has 0 radical (unpaired) electrons. The predicted octanol–water partition coefficient (Wildman–Crippen LogP) is -0.0663. The lowest BCUT2D eigenvalue weighted by Crippen LogP contribution is -2.71. The molecule has 2 atom stereocenters. The van der Waals surface area contributed by atoms with Crippen molar-refractivity contribution in [1.82, 2.24) is 15.2 Å². The van der Waals surface area contributed by atoms with Gasteiger partial charge in [-0.05, 0) is 0 Å². The molecule has 1 unspecified atom stereocenters. The molecule has 0 saturated carbocycles. The third-order valence-corrected chi connectivity index (χ3v) is 6.33. The molecule has 1 aromatic rings. The number of aromatic nitrogens is 1. The smallest absolute Gasteiger partial charge is 0.352 e. The number of esters is 1. The van der Waals surface area contributed by atoms with Crippen LogP contribution in [0.4, 0.5) is 5.13 Å². The molecular formula is C18H19N5O7S2. The van der Waals surface area contributed by atoms with Gasteiger partial charge >= 0.3 is 11.9 Å². The number of nitrogens with two attached hydrogens (primary N) is 1. The molecule has 170 valence electrons. The van der Waals surface area contributed by atoms with E-state index in [4.69, 9.17) is 15.3 Å². The van der Waals surface area contributed by atoms with E-state index in [0.717, 1.165) is 16.2 Å². The third-order valence-electron chi connectivity index (χ3n) is 4.31. The minimum atomic E-state index is -1.33. The van der Waals surface area contributed by atoms with E-state index in [2.05, 4.69) is 22.0 Å². The summed E-state index contributed by atoms with van der Waals surface area (Å²) in [7, 11) is 0. The number of thiazole rings is 1. The third kappa shape index (κ3) is 4.75. The maximum atomic E-state index is 12.8. The minimum absolute atomic E-state index is 0.0445. The SMILES string of the molecule is C=CCO/N=C(\C(=O)NC1C(=O)N2C(C(=O)O)=C(COC(C)=O)CS[C@H]12)c1csc(N)n1. The first-order valence-electron chi connectivity index (χ1n) is 9.11. The Bertz CT molecular complexity index is 1030. The van der Waals surface area contributed by atoms with Gasteiger partial charge in [0.05, 0.1) is 0 Å². The molecular weight excluding hydrogens is 462 g/mol. The summed E-state index contributed by atoms with van der Waals surface area (Å²) in [5, 5.41) is 17.0. The average molecular weight is 482 g/mol. The molecule has 1 aromatic heterocycles. The number of carboxylic acid groups (broad SMARTS) is 1. The van der Waals surface area contributed by atoms with Gasteiger partial charge < -0.3 is 25.7 Å². The topological polar surface area (TPSA) is 174 Å². The summed E-state index contributed by atoms with van der Waals surface area (Å²) in [6.07, 6.45) is 1.44. The molecule has 2 aliphatic rings.